The number of benzene rings is 4. The number of carbonyl (C=O) groups is 3. The van der Waals surface area contributed by atoms with E-state index in [1.807, 2.05) is 78.9 Å². The van der Waals surface area contributed by atoms with Gasteiger partial charge in [0.1, 0.15) is 17.8 Å². The fourth-order valence-electron chi connectivity index (χ4n) is 6.26. The van der Waals surface area contributed by atoms with E-state index < -0.39 is 24.0 Å². The maximum absolute atomic E-state index is 14.3. The molecule has 2 atom stereocenters. The molecule has 1 aromatic heterocycles. The van der Waals surface area contributed by atoms with Gasteiger partial charge in [-0.1, -0.05) is 78.9 Å². The summed E-state index contributed by atoms with van der Waals surface area (Å²) >= 11 is 0. The topological polar surface area (TPSA) is 94.7 Å². The lowest BCUT2D eigenvalue weighted by molar-refractivity contribution is -0.120. The zero-order valence-electron chi connectivity index (χ0n) is 22.9. The average Bonchev–Trinajstić information content (AvgIpc) is 3.53. The maximum Gasteiger partial charge on any atom is 0.332 e. The first-order chi connectivity index (χ1) is 20.6. The van der Waals surface area contributed by atoms with Gasteiger partial charge in [0.25, 0.3) is 11.8 Å². The number of aromatic nitrogens is 1. The highest BCUT2D eigenvalue weighted by Gasteiger charge is 2.53. The van der Waals surface area contributed by atoms with Gasteiger partial charge in [0.15, 0.2) is 0 Å². The van der Waals surface area contributed by atoms with Gasteiger partial charge in [-0.3, -0.25) is 14.5 Å². The Hall–Kier alpha value is -5.37. The second kappa shape index (κ2) is 10.2. The molecule has 5 aromatic rings. The number of hydrogen-bond donors (Lipinski definition) is 2. The standard InChI is InChI=1S/C34H28N4O4/c1-42-29-18-10-5-13-22(29)20-35-32(39)24-15-7-9-17-27(24)38-33(40)28-19-25-23-14-6-8-16-26(23)36-30(25)31(37(28)34(38)41)21-11-3-2-4-12-21/h2-18,28,31,36H,19-20H2,1H3,(H,35,39)/t28-,31+/m0/s1. The summed E-state index contributed by atoms with van der Waals surface area (Å²) in [5, 5.41) is 3.97. The molecule has 0 aliphatic carbocycles. The molecule has 7 rings (SSSR count). The Morgan fingerprint density at radius 1 is 0.905 bits per heavy atom. The van der Waals surface area contributed by atoms with Crippen molar-refractivity contribution in [2.24, 2.45) is 0 Å². The summed E-state index contributed by atoms with van der Waals surface area (Å²) in [6.07, 6.45) is 0.381. The quantitative estimate of drug-likeness (QED) is 0.267. The van der Waals surface area contributed by atoms with Crippen LogP contribution in [0.2, 0.25) is 0 Å². The van der Waals surface area contributed by atoms with Crippen molar-refractivity contribution in [2.75, 3.05) is 12.0 Å². The SMILES string of the molecule is COc1ccccc1CNC(=O)c1ccccc1N1C(=O)[C@@H]2Cc3c([nH]c4ccccc34)[C@@H](c3ccccc3)N2C1=O. The summed E-state index contributed by atoms with van der Waals surface area (Å²) in [6, 6.07) is 30.3. The van der Waals surface area contributed by atoms with Crippen molar-refractivity contribution in [1.82, 2.24) is 15.2 Å². The van der Waals surface area contributed by atoms with E-state index in [1.54, 1.807) is 36.3 Å². The van der Waals surface area contributed by atoms with Crippen LogP contribution in [0.4, 0.5) is 10.5 Å². The van der Waals surface area contributed by atoms with Crippen LogP contribution >= 0.6 is 0 Å². The summed E-state index contributed by atoms with van der Waals surface area (Å²) in [4.78, 5) is 48.3. The van der Waals surface area contributed by atoms with Crippen LogP contribution in [0.3, 0.4) is 0 Å². The number of nitrogens with zero attached hydrogens (tertiary/aromatic N) is 2. The number of carbonyl (C=O) groups excluding carboxylic acids is 3. The molecule has 1 saturated heterocycles. The van der Waals surface area contributed by atoms with E-state index in [4.69, 9.17) is 4.74 Å². The molecule has 42 heavy (non-hydrogen) atoms. The molecule has 0 unspecified atom stereocenters. The molecule has 0 saturated carbocycles. The van der Waals surface area contributed by atoms with Gasteiger partial charge in [0.05, 0.1) is 18.4 Å². The summed E-state index contributed by atoms with van der Waals surface area (Å²) in [5.74, 6) is -0.0739. The molecule has 0 bridgehead atoms. The van der Waals surface area contributed by atoms with Crippen LogP contribution in [0, 0.1) is 0 Å². The Kier molecular flexibility index (Phi) is 6.23. The van der Waals surface area contributed by atoms with E-state index in [9.17, 15) is 14.4 Å². The number of hydrogen-bond acceptors (Lipinski definition) is 4. The number of anilines is 1. The second-order valence-electron chi connectivity index (χ2n) is 10.5. The molecule has 1 fully saturated rings. The first kappa shape index (κ1) is 25.6. The number of urea groups is 1. The molecule has 8 nitrogen and oxygen atoms in total. The van der Waals surface area contributed by atoms with Crippen LogP contribution in [0.1, 0.15) is 38.8 Å². The lowest BCUT2D eigenvalue weighted by Crippen LogP contribution is -2.44. The molecule has 2 N–H and O–H groups in total. The second-order valence-corrected chi connectivity index (χ2v) is 10.5. The van der Waals surface area contributed by atoms with Crippen molar-refractivity contribution < 1.29 is 19.1 Å². The first-order valence-corrected chi connectivity index (χ1v) is 13.9. The smallest absolute Gasteiger partial charge is 0.332 e. The summed E-state index contributed by atoms with van der Waals surface area (Å²) in [5.41, 5.74) is 5.14. The van der Waals surface area contributed by atoms with Crippen molar-refractivity contribution in [2.45, 2.75) is 25.0 Å². The van der Waals surface area contributed by atoms with Crippen molar-refractivity contribution in [3.63, 3.8) is 0 Å². The van der Waals surface area contributed by atoms with Gasteiger partial charge < -0.3 is 15.0 Å². The van der Waals surface area contributed by atoms with Gasteiger partial charge in [-0.15, -0.1) is 0 Å². The molecule has 0 spiro atoms. The van der Waals surface area contributed by atoms with Crippen molar-refractivity contribution >= 4 is 34.4 Å². The number of amides is 4. The minimum atomic E-state index is -0.709. The number of H-pyrrole nitrogens is 1. The predicted octanol–water partition coefficient (Wildman–Crippen LogP) is 5.59. The number of nitrogens with one attached hydrogen (secondary N) is 2. The lowest BCUT2D eigenvalue weighted by Gasteiger charge is -2.36. The number of methoxy groups -OCH3 is 1. The molecule has 0 radical (unpaired) electrons. The summed E-state index contributed by atoms with van der Waals surface area (Å²) in [7, 11) is 1.58. The third-order valence-electron chi connectivity index (χ3n) is 8.19. The van der Waals surface area contributed by atoms with Crippen LogP contribution in [0.5, 0.6) is 5.75 Å². The Morgan fingerprint density at radius 3 is 2.45 bits per heavy atom. The Bertz CT molecular complexity index is 1850. The molecular formula is C34H28N4O4. The number of aromatic amines is 1. The molecule has 8 heteroatoms. The van der Waals surface area contributed by atoms with E-state index >= 15 is 0 Å². The maximum atomic E-state index is 14.3. The van der Waals surface area contributed by atoms with Gasteiger partial charge in [-0.2, -0.15) is 0 Å². The summed E-state index contributed by atoms with van der Waals surface area (Å²) < 4.78 is 5.41. The normalized spacial score (nSPS) is 17.7. The fraction of sp³-hybridized carbons (Fsp3) is 0.147. The Balaban J connectivity index is 1.26. The minimum Gasteiger partial charge on any atom is -0.496 e. The van der Waals surface area contributed by atoms with E-state index in [-0.39, 0.29) is 23.7 Å². The van der Waals surface area contributed by atoms with E-state index in [2.05, 4.69) is 10.3 Å². The van der Waals surface area contributed by atoms with Gasteiger partial charge >= 0.3 is 6.03 Å². The van der Waals surface area contributed by atoms with E-state index in [0.29, 0.717) is 12.2 Å². The molecular weight excluding hydrogens is 528 g/mol. The number of para-hydroxylation sites is 3. The van der Waals surface area contributed by atoms with Gasteiger partial charge in [-0.05, 0) is 35.4 Å². The summed E-state index contributed by atoms with van der Waals surface area (Å²) in [6.45, 7) is 0.228. The Labute approximate surface area is 242 Å². The van der Waals surface area contributed by atoms with E-state index in [0.717, 1.165) is 33.3 Å². The highest BCUT2D eigenvalue weighted by atomic mass is 16.5. The van der Waals surface area contributed by atoms with Crippen LogP contribution in [-0.4, -0.2) is 40.9 Å². The van der Waals surface area contributed by atoms with Gasteiger partial charge in [-0.25, -0.2) is 9.69 Å². The number of fused-ring (bicyclic) bond motifs is 4. The fourth-order valence-corrected chi connectivity index (χ4v) is 6.26. The number of rotatable bonds is 6. The van der Waals surface area contributed by atoms with Crippen LogP contribution in [0.15, 0.2) is 103 Å². The highest BCUT2D eigenvalue weighted by Crippen LogP contribution is 2.45. The van der Waals surface area contributed by atoms with Gasteiger partial charge in [0, 0.05) is 35.1 Å². The third-order valence-corrected chi connectivity index (χ3v) is 8.19. The molecule has 208 valence electrons. The largest absolute Gasteiger partial charge is 0.496 e. The average molecular weight is 557 g/mol. The minimum absolute atomic E-state index is 0.228. The first-order valence-electron chi connectivity index (χ1n) is 13.9. The van der Waals surface area contributed by atoms with E-state index in [1.165, 1.54) is 4.90 Å². The van der Waals surface area contributed by atoms with Crippen molar-refractivity contribution in [3.05, 3.63) is 131 Å². The monoisotopic (exact) mass is 556 g/mol. The van der Waals surface area contributed by atoms with Crippen molar-refractivity contribution in [3.8, 4) is 5.75 Å². The molecule has 4 amide bonds. The zero-order chi connectivity index (χ0) is 28.8. The van der Waals surface area contributed by atoms with Crippen LogP contribution in [0.25, 0.3) is 10.9 Å². The molecule has 2 aliphatic heterocycles. The number of ether oxygens (including phenoxy) is 1. The predicted molar refractivity (Wildman–Crippen MR) is 159 cm³/mol. The zero-order valence-corrected chi connectivity index (χ0v) is 22.9. The van der Waals surface area contributed by atoms with Crippen LogP contribution in [-0.2, 0) is 17.8 Å². The van der Waals surface area contributed by atoms with Crippen molar-refractivity contribution in [1.29, 1.82) is 0 Å². The van der Waals surface area contributed by atoms with Gasteiger partial charge in [0.2, 0.25) is 0 Å². The third kappa shape index (κ3) is 4.03. The highest BCUT2D eigenvalue weighted by molar-refractivity contribution is 6.24. The number of imide groups is 1. The molecule has 2 aliphatic rings. The van der Waals surface area contributed by atoms with Crippen LogP contribution < -0.4 is 15.0 Å². The Morgan fingerprint density at radius 2 is 1.62 bits per heavy atom. The molecule has 4 aromatic carbocycles. The molecule has 3 heterocycles. The lowest BCUT2D eigenvalue weighted by atomic mass is 9.89.